The number of nitro benzene ring substituents is 1. The van der Waals surface area contributed by atoms with Crippen molar-refractivity contribution in [1.29, 1.82) is 0 Å². The van der Waals surface area contributed by atoms with Gasteiger partial charge in [-0.05, 0) is 24.2 Å². The van der Waals surface area contributed by atoms with E-state index < -0.39 is 4.92 Å². The Morgan fingerprint density at radius 1 is 1.55 bits per heavy atom. The molecule has 1 atom stereocenters. The van der Waals surface area contributed by atoms with Gasteiger partial charge in [-0.3, -0.25) is 10.1 Å². The van der Waals surface area contributed by atoms with E-state index in [1.165, 1.54) is 23.5 Å². The van der Waals surface area contributed by atoms with Crippen molar-refractivity contribution in [3.8, 4) is 0 Å². The predicted molar refractivity (Wildman–Crippen MR) is 91.3 cm³/mol. The van der Waals surface area contributed by atoms with Crippen molar-refractivity contribution in [3.05, 3.63) is 28.3 Å². The monoisotopic (exact) mass is 340 g/mol. The third-order valence-electron chi connectivity index (χ3n) is 3.12. The van der Waals surface area contributed by atoms with Crippen LogP contribution in [0.5, 0.6) is 0 Å². The Bertz CT molecular complexity index is 702. The first-order valence-corrected chi connectivity index (χ1v) is 7.86. The summed E-state index contributed by atoms with van der Waals surface area (Å²) in [7, 11) is 0. The van der Waals surface area contributed by atoms with Crippen LogP contribution in [0, 0.1) is 16.0 Å². The van der Waals surface area contributed by atoms with Crippen molar-refractivity contribution >= 4 is 49.7 Å². The van der Waals surface area contributed by atoms with Crippen LogP contribution in [0.1, 0.15) is 13.8 Å². The number of nitrogens with one attached hydrogen (secondary N) is 2. The van der Waals surface area contributed by atoms with E-state index in [1.54, 1.807) is 6.07 Å². The zero-order valence-electron chi connectivity index (χ0n) is 12.1. The predicted octanol–water partition coefficient (Wildman–Crippen LogP) is 2.51. The molecular formula is C13H16N4O3S2. The molecule has 0 aliphatic heterocycles. The van der Waals surface area contributed by atoms with Crippen molar-refractivity contribution in [2.75, 3.05) is 11.9 Å². The van der Waals surface area contributed by atoms with Gasteiger partial charge in [0.1, 0.15) is 0 Å². The van der Waals surface area contributed by atoms with Crippen molar-refractivity contribution in [2.45, 2.75) is 19.9 Å². The molecule has 1 unspecified atom stereocenters. The Balaban J connectivity index is 2.11. The van der Waals surface area contributed by atoms with E-state index in [-0.39, 0.29) is 24.3 Å². The van der Waals surface area contributed by atoms with Crippen LogP contribution in [0.4, 0.5) is 10.8 Å². The van der Waals surface area contributed by atoms with Gasteiger partial charge in [0.2, 0.25) is 0 Å². The van der Waals surface area contributed by atoms with Gasteiger partial charge in [-0.2, -0.15) is 0 Å². The Hall–Kier alpha value is -1.84. The topological polar surface area (TPSA) is 100 Å². The maximum atomic E-state index is 10.8. The van der Waals surface area contributed by atoms with Crippen molar-refractivity contribution in [1.82, 2.24) is 10.3 Å². The molecule has 7 nitrogen and oxygen atoms in total. The maximum Gasteiger partial charge on any atom is 0.270 e. The summed E-state index contributed by atoms with van der Waals surface area (Å²) >= 11 is 6.48. The van der Waals surface area contributed by atoms with Crippen molar-refractivity contribution in [3.63, 3.8) is 0 Å². The van der Waals surface area contributed by atoms with Crippen LogP contribution in [0.3, 0.4) is 0 Å². The standard InChI is InChI=1S/C13H16N4O3S2/c1-7(2)10(6-18)14-12(21)16-13-15-9-4-3-8(17(19)20)5-11(9)22-13/h3-5,7,10,18H,6H2,1-2H3,(H2,14,15,16,21). The summed E-state index contributed by atoms with van der Waals surface area (Å²) in [6.07, 6.45) is 0. The quantitative estimate of drug-likeness (QED) is 0.437. The zero-order chi connectivity index (χ0) is 16.3. The second-order valence-electron chi connectivity index (χ2n) is 5.06. The Morgan fingerprint density at radius 2 is 2.27 bits per heavy atom. The molecule has 1 heterocycles. The number of hydrogen-bond acceptors (Lipinski definition) is 6. The number of nitrogens with zero attached hydrogens (tertiary/aromatic N) is 2. The lowest BCUT2D eigenvalue weighted by Gasteiger charge is -2.21. The molecule has 0 spiro atoms. The van der Waals surface area contributed by atoms with E-state index in [0.717, 1.165) is 0 Å². The first kappa shape index (κ1) is 16.5. The van der Waals surface area contributed by atoms with Crippen molar-refractivity contribution in [2.24, 2.45) is 5.92 Å². The largest absolute Gasteiger partial charge is 0.394 e. The summed E-state index contributed by atoms with van der Waals surface area (Å²) in [5.41, 5.74) is 0.701. The molecule has 0 bridgehead atoms. The molecule has 0 aliphatic carbocycles. The number of thiazole rings is 1. The Labute approximate surface area is 136 Å². The summed E-state index contributed by atoms with van der Waals surface area (Å²) < 4.78 is 0.710. The average Bonchev–Trinajstić information content (AvgIpc) is 2.85. The summed E-state index contributed by atoms with van der Waals surface area (Å²) in [6, 6.07) is 4.37. The molecular weight excluding hydrogens is 324 g/mol. The molecule has 2 rings (SSSR count). The first-order valence-electron chi connectivity index (χ1n) is 6.64. The number of benzene rings is 1. The van der Waals surface area contributed by atoms with E-state index in [4.69, 9.17) is 12.2 Å². The van der Waals surface area contributed by atoms with Gasteiger partial charge in [-0.1, -0.05) is 25.2 Å². The molecule has 1 aromatic heterocycles. The number of nitro groups is 1. The van der Waals surface area contributed by atoms with Crippen LogP contribution in [0.25, 0.3) is 10.2 Å². The van der Waals surface area contributed by atoms with Crippen LogP contribution in [-0.4, -0.2) is 32.8 Å². The second-order valence-corrected chi connectivity index (χ2v) is 6.50. The molecule has 9 heteroatoms. The highest BCUT2D eigenvalue weighted by Crippen LogP contribution is 2.29. The molecule has 2 aromatic rings. The van der Waals surface area contributed by atoms with Gasteiger partial charge in [0.15, 0.2) is 10.2 Å². The molecule has 0 saturated carbocycles. The van der Waals surface area contributed by atoms with E-state index >= 15 is 0 Å². The normalized spacial score (nSPS) is 12.4. The lowest BCUT2D eigenvalue weighted by molar-refractivity contribution is -0.384. The van der Waals surface area contributed by atoms with Crippen LogP contribution >= 0.6 is 23.6 Å². The van der Waals surface area contributed by atoms with Gasteiger partial charge in [-0.15, -0.1) is 0 Å². The van der Waals surface area contributed by atoms with E-state index in [1.807, 2.05) is 13.8 Å². The number of fused-ring (bicyclic) bond motifs is 1. The average molecular weight is 340 g/mol. The molecule has 0 radical (unpaired) electrons. The molecule has 22 heavy (non-hydrogen) atoms. The number of aliphatic hydroxyl groups excluding tert-OH is 1. The number of anilines is 1. The number of hydrogen-bond donors (Lipinski definition) is 3. The van der Waals surface area contributed by atoms with Crippen LogP contribution in [-0.2, 0) is 0 Å². The van der Waals surface area contributed by atoms with Crippen LogP contribution < -0.4 is 10.6 Å². The molecule has 118 valence electrons. The number of thiocarbonyl (C=S) groups is 1. The maximum absolute atomic E-state index is 10.8. The van der Waals surface area contributed by atoms with E-state index in [9.17, 15) is 15.2 Å². The summed E-state index contributed by atoms with van der Waals surface area (Å²) in [5, 5.41) is 26.9. The van der Waals surface area contributed by atoms with Gasteiger partial charge in [0.05, 0.1) is 27.8 Å². The van der Waals surface area contributed by atoms with Gasteiger partial charge < -0.3 is 15.7 Å². The second kappa shape index (κ2) is 6.95. The fraction of sp³-hybridized carbons (Fsp3) is 0.385. The van der Waals surface area contributed by atoms with Crippen LogP contribution in [0.2, 0.25) is 0 Å². The molecule has 0 aliphatic rings. The number of non-ortho nitro benzene ring substituents is 1. The number of aromatic nitrogens is 1. The lowest BCUT2D eigenvalue weighted by Crippen LogP contribution is -2.43. The number of aliphatic hydroxyl groups is 1. The minimum atomic E-state index is -0.438. The summed E-state index contributed by atoms with van der Waals surface area (Å²) in [5.74, 6) is 0.225. The number of rotatable bonds is 5. The molecule has 3 N–H and O–H groups in total. The van der Waals surface area contributed by atoms with Gasteiger partial charge in [-0.25, -0.2) is 4.98 Å². The first-order chi connectivity index (χ1) is 10.4. The third-order valence-corrected chi connectivity index (χ3v) is 4.27. The molecule has 0 saturated heterocycles. The van der Waals surface area contributed by atoms with E-state index in [2.05, 4.69) is 15.6 Å². The summed E-state index contributed by atoms with van der Waals surface area (Å²) in [4.78, 5) is 14.7. The SMILES string of the molecule is CC(C)C(CO)NC(=S)Nc1nc2ccc([N+](=O)[O-])cc2s1. The summed E-state index contributed by atoms with van der Waals surface area (Å²) in [6.45, 7) is 3.94. The lowest BCUT2D eigenvalue weighted by atomic mass is 10.1. The highest BCUT2D eigenvalue weighted by atomic mass is 32.1. The zero-order valence-corrected chi connectivity index (χ0v) is 13.7. The van der Waals surface area contributed by atoms with Gasteiger partial charge in [0.25, 0.3) is 5.69 Å². The highest BCUT2D eigenvalue weighted by molar-refractivity contribution is 7.80. The fourth-order valence-electron chi connectivity index (χ4n) is 1.81. The van der Waals surface area contributed by atoms with E-state index in [0.29, 0.717) is 20.5 Å². The Morgan fingerprint density at radius 3 is 2.86 bits per heavy atom. The van der Waals surface area contributed by atoms with Crippen molar-refractivity contribution < 1.29 is 10.0 Å². The highest BCUT2D eigenvalue weighted by Gasteiger charge is 2.15. The van der Waals surface area contributed by atoms with Crippen LogP contribution in [0.15, 0.2) is 18.2 Å². The molecule has 0 amide bonds. The van der Waals surface area contributed by atoms with Gasteiger partial charge in [0, 0.05) is 12.1 Å². The molecule has 1 aromatic carbocycles. The van der Waals surface area contributed by atoms with Gasteiger partial charge >= 0.3 is 0 Å². The molecule has 0 fully saturated rings. The third kappa shape index (κ3) is 3.87. The minimum Gasteiger partial charge on any atom is -0.394 e. The fourth-order valence-corrected chi connectivity index (χ4v) is 3.02. The smallest absolute Gasteiger partial charge is 0.270 e. The minimum absolute atomic E-state index is 0.0223. The Kier molecular flexibility index (Phi) is 5.22.